The van der Waals surface area contributed by atoms with Gasteiger partial charge in [-0.25, -0.2) is 0 Å². The van der Waals surface area contributed by atoms with Crippen molar-refractivity contribution < 1.29 is 28.5 Å². The summed E-state index contributed by atoms with van der Waals surface area (Å²) < 4.78 is 25.5. The lowest BCUT2D eigenvalue weighted by atomic mass is 9.64. The van der Waals surface area contributed by atoms with Crippen molar-refractivity contribution in [3.63, 3.8) is 0 Å². The van der Waals surface area contributed by atoms with E-state index in [1.54, 1.807) is 19.1 Å². The number of nitrogens with one attached hydrogen (secondary N) is 1. The Labute approximate surface area is 249 Å². The van der Waals surface area contributed by atoms with E-state index in [9.17, 15) is 4.79 Å². The van der Waals surface area contributed by atoms with Crippen LogP contribution in [0.1, 0.15) is 40.7 Å². The predicted octanol–water partition coefficient (Wildman–Crippen LogP) is 5.02. The van der Waals surface area contributed by atoms with Crippen molar-refractivity contribution in [1.82, 2.24) is 5.32 Å². The second-order valence-electron chi connectivity index (χ2n) is 11.5. The van der Waals surface area contributed by atoms with Gasteiger partial charge in [0.15, 0.2) is 17.1 Å². The summed E-state index contributed by atoms with van der Waals surface area (Å²) in [5.74, 6) is 0.638. The highest BCUT2D eigenvalue weighted by molar-refractivity contribution is 6.08. The molecule has 4 aromatic carbocycles. The Morgan fingerprint density at radius 1 is 0.837 bits per heavy atom. The molecule has 43 heavy (non-hydrogen) atoms. The van der Waals surface area contributed by atoms with E-state index in [1.807, 2.05) is 97.1 Å². The topological polar surface area (TPSA) is 86.3 Å². The molecule has 8 rings (SSSR count). The smallest absolute Gasteiger partial charge is 0.265 e. The van der Waals surface area contributed by atoms with E-state index in [0.29, 0.717) is 23.8 Å². The number of carbonyl (C=O) groups is 2. The van der Waals surface area contributed by atoms with Crippen molar-refractivity contribution in [1.29, 1.82) is 0 Å². The van der Waals surface area contributed by atoms with Crippen LogP contribution in [0, 0.1) is 0 Å². The standard InChI is InChI=1S/C35H30N2O6/c1-40-26-17-9-6-13-22(26)31-34-28(19-29(38)36-34)42-30-23(14-10-18-27(30)41-2)32(34)43-35(31)24-15-7-8-16-25(24)37(33(35)39)20-21-11-4-3-5-12-21/h3-18,28,31-32H,19-20H2,1-2H3,(H,36,38)/t28-,31+,32+,34-,35-/m1/s1. The molecular formula is C35H30N2O6. The minimum atomic E-state index is -1.49. The van der Waals surface area contributed by atoms with Crippen molar-refractivity contribution >= 4 is 17.5 Å². The van der Waals surface area contributed by atoms with Crippen LogP contribution in [0.2, 0.25) is 0 Å². The molecule has 0 radical (unpaired) electrons. The van der Waals surface area contributed by atoms with Crippen molar-refractivity contribution in [3.05, 3.63) is 119 Å². The molecule has 4 aliphatic rings. The number of hydrogen-bond donors (Lipinski definition) is 1. The third-order valence-electron chi connectivity index (χ3n) is 9.44. The first-order chi connectivity index (χ1) is 21.0. The van der Waals surface area contributed by atoms with Gasteiger partial charge < -0.3 is 29.2 Å². The van der Waals surface area contributed by atoms with Crippen LogP contribution in [-0.2, 0) is 26.5 Å². The molecule has 8 heteroatoms. The Hall–Kier alpha value is -4.82. The number of hydrogen-bond acceptors (Lipinski definition) is 6. The van der Waals surface area contributed by atoms with Gasteiger partial charge in [-0.15, -0.1) is 0 Å². The highest BCUT2D eigenvalue weighted by Gasteiger charge is 2.77. The van der Waals surface area contributed by atoms with Gasteiger partial charge in [-0.2, -0.15) is 0 Å². The molecule has 4 heterocycles. The summed E-state index contributed by atoms with van der Waals surface area (Å²) in [7, 11) is 3.20. The van der Waals surface area contributed by atoms with Gasteiger partial charge in [-0.1, -0.05) is 78.9 Å². The van der Waals surface area contributed by atoms with Crippen LogP contribution in [0.3, 0.4) is 0 Å². The quantitative estimate of drug-likeness (QED) is 0.360. The van der Waals surface area contributed by atoms with E-state index in [4.69, 9.17) is 18.9 Å². The van der Waals surface area contributed by atoms with Gasteiger partial charge in [-0.3, -0.25) is 9.59 Å². The summed E-state index contributed by atoms with van der Waals surface area (Å²) in [5.41, 5.74) is 1.40. The van der Waals surface area contributed by atoms with E-state index in [1.165, 1.54) is 0 Å². The van der Waals surface area contributed by atoms with Crippen LogP contribution in [0.25, 0.3) is 0 Å². The van der Waals surface area contributed by atoms with Gasteiger partial charge in [0, 0.05) is 16.7 Å². The summed E-state index contributed by atoms with van der Waals surface area (Å²) in [6, 6.07) is 31.0. The summed E-state index contributed by atoms with van der Waals surface area (Å²) >= 11 is 0. The number of methoxy groups -OCH3 is 2. The lowest BCUT2D eigenvalue weighted by Gasteiger charge is -2.44. The van der Waals surface area contributed by atoms with Crippen LogP contribution in [-0.4, -0.2) is 37.7 Å². The van der Waals surface area contributed by atoms with Gasteiger partial charge in [0.1, 0.15) is 23.5 Å². The van der Waals surface area contributed by atoms with Crippen LogP contribution < -0.4 is 24.4 Å². The number of para-hydroxylation sites is 3. The molecular weight excluding hydrogens is 544 g/mol. The van der Waals surface area contributed by atoms with Crippen molar-refractivity contribution in [2.24, 2.45) is 0 Å². The molecule has 2 saturated heterocycles. The number of rotatable bonds is 5. The lowest BCUT2D eigenvalue weighted by Crippen LogP contribution is -2.60. The Bertz CT molecular complexity index is 1780. The second-order valence-corrected chi connectivity index (χ2v) is 11.5. The van der Waals surface area contributed by atoms with Crippen LogP contribution in [0.4, 0.5) is 5.69 Å². The van der Waals surface area contributed by atoms with Crippen LogP contribution in [0.15, 0.2) is 97.1 Å². The fraction of sp³-hybridized carbons (Fsp3) is 0.257. The molecule has 2 fully saturated rings. The number of benzene rings is 4. The molecule has 0 bridgehead atoms. The lowest BCUT2D eigenvalue weighted by molar-refractivity contribution is -0.144. The van der Waals surface area contributed by atoms with Crippen molar-refractivity contribution in [2.75, 3.05) is 19.1 Å². The number of anilines is 1. The minimum absolute atomic E-state index is 0.114. The molecule has 4 aromatic rings. The van der Waals surface area contributed by atoms with Gasteiger partial charge in [0.05, 0.1) is 38.8 Å². The maximum Gasteiger partial charge on any atom is 0.265 e. The second kappa shape index (κ2) is 9.34. The maximum absolute atomic E-state index is 15.2. The maximum atomic E-state index is 15.2. The first-order valence-electron chi connectivity index (χ1n) is 14.4. The largest absolute Gasteiger partial charge is 0.496 e. The summed E-state index contributed by atoms with van der Waals surface area (Å²) in [6.45, 7) is 0.370. The first-order valence-corrected chi connectivity index (χ1v) is 14.4. The molecule has 1 N–H and O–H groups in total. The van der Waals surface area contributed by atoms with Crippen molar-refractivity contribution in [3.8, 4) is 17.2 Å². The molecule has 216 valence electrons. The highest BCUT2D eigenvalue weighted by Crippen LogP contribution is 2.69. The number of ether oxygens (including phenoxy) is 4. The van der Waals surface area contributed by atoms with Gasteiger partial charge >= 0.3 is 0 Å². The highest BCUT2D eigenvalue weighted by atomic mass is 16.6. The molecule has 2 amide bonds. The fourth-order valence-corrected chi connectivity index (χ4v) is 7.82. The number of fused-ring (bicyclic) bond motifs is 4. The zero-order chi connectivity index (χ0) is 29.3. The van der Waals surface area contributed by atoms with E-state index in [2.05, 4.69) is 5.32 Å². The Morgan fingerprint density at radius 2 is 1.53 bits per heavy atom. The van der Waals surface area contributed by atoms with E-state index >= 15 is 4.79 Å². The summed E-state index contributed by atoms with van der Waals surface area (Å²) in [4.78, 5) is 30.4. The normalized spacial score (nSPS) is 28.0. The zero-order valence-corrected chi connectivity index (χ0v) is 23.8. The zero-order valence-electron chi connectivity index (χ0n) is 23.8. The summed E-state index contributed by atoms with van der Waals surface area (Å²) in [6.07, 6.45) is -1.24. The minimum Gasteiger partial charge on any atom is -0.496 e. The first kappa shape index (κ1) is 25.9. The molecule has 0 aromatic heterocycles. The van der Waals surface area contributed by atoms with E-state index in [0.717, 1.165) is 27.9 Å². The van der Waals surface area contributed by atoms with E-state index < -0.39 is 29.3 Å². The SMILES string of the molecule is COc1ccccc1[C@H]1[C@]23NC(=O)C[C@H]2Oc2c(OC)cccc2[C@@H]3O[C@@]12C(=O)N(Cc1ccccc1)c1ccccc12. The molecule has 2 spiro atoms. The molecule has 0 unspecified atom stereocenters. The third-order valence-corrected chi connectivity index (χ3v) is 9.44. The molecule has 4 aliphatic heterocycles. The van der Waals surface area contributed by atoms with Crippen LogP contribution in [0.5, 0.6) is 17.2 Å². The average Bonchev–Trinajstić information content (AvgIpc) is 3.62. The van der Waals surface area contributed by atoms with Gasteiger partial charge in [-0.05, 0) is 23.8 Å². The van der Waals surface area contributed by atoms with Gasteiger partial charge in [0.25, 0.3) is 5.91 Å². The van der Waals surface area contributed by atoms with Gasteiger partial charge in [0.2, 0.25) is 5.91 Å². The molecule has 0 saturated carbocycles. The third kappa shape index (κ3) is 3.35. The number of amides is 2. The fourth-order valence-electron chi connectivity index (χ4n) is 7.82. The Kier molecular flexibility index (Phi) is 5.62. The summed E-state index contributed by atoms with van der Waals surface area (Å²) in [5, 5.41) is 3.32. The molecule has 0 aliphatic carbocycles. The number of nitrogens with zero attached hydrogens (tertiary/aromatic N) is 1. The Morgan fingerprint density at radius 3 is 2.35 bits per heavy atom. The molecule has 5 atom stereocenters. The molecule has 8 nitrogen and oxygen atoms in total. The average molecular weight is 575 g/mol. The number of carbonyl (C=O) groups excluding carboxylic acids is 2. The van der Waals surface area contributed by atoms with E-state index in [-0.39, 0.29) is 18.2 Å². The Balaban J connectivity index is 1.42. The monoisotopic (exact) mass is 574 g/mol. The van der Waals surface area contributed by atoms with Crippen molar-refractivity contribution in [2.45, 2.75) is 42.2 Å². The van der Waals surface area contributed by atoms with Crippen LogP contribution >= 0.6 is 0 Å². The predicted molar refractivity (Wildman–Crippen MR) is 158 cm³/mol.